The van der Waals surface area contributed by atoms with Gasteiger partial charge in [-0.1, -0.05) is 18.2 Å². The molecule has 0 saturated carbocycles. The van der Waals surface area contributed by atoms with Gasteiger partial charge < -0.3 is 9.84 Å². The maximum absolute atomic E-state index is 8.82. The average molecular weight is 166 g/mol. The number of hydrogen-bond donors (Lipinski definition) is 1. The maximum atomic E-state index is 8.82. The first-order chi connectivity index (χ1) is 5.86. The highest BCUT2D eigenvalue weighted by atomic mass is 16.6. The van der Waals surface area contributed by atoms with E-state index >= 15 is 0 Å². The summed E-state index contributed by atoms with van der Waals surface area (Å²) in [6.45, 7) is 3.95. The van der Waals surface area contributed by atoms with Crippen molar-refractivity contribution in [3.8, 4) is 0 Å². The van der Waals surface area contributed by atoms with Crippen LogP contribution < -0.4 is 0 Å². The molecule has 0 aromatic heterocycles. The zero-order valence-electron chi connectivity index (χ0n) is 7.02. The minimum atomic E-state index is 0.0835. The topological polar surface area (TPSA) is 32.8 Å². The van der Waals surface area contributed by atoms with Crippen molar-refractivity contribution in [3.05, 3.63) is 24.8 Å². The minimum Gasteiger partial charge on any atom is -0.394 e. The molecule has 0 aromatic carbocycles. The third-order valence-corrected chi connectivity index (χ3v) is 2.74. The molecule has 4 atom stereocenters. The van der Waals surface area contributed by atoms with Crippen LogP contribution in [0.4, 0.5) is 0 Å². The molecule has 0 radical (unpaired) electrons. The number of aliphatic hydroxyl groups is 1. The Morgan fingerprint density at radius 2 is 2.50 bits per heavy atom. The molecule has 0 unspecified atom stereocenters. The van der Waals surface area contributed by atoms with Crippen molar-refractivity contribution in [2.24, 2.45) is 11.8 Å². The number of aliphatic hydroxyl groups excluding tert-OH is 1. The fourth-order valence-corrected chi connectivity index (χ4v) is 1.94. The largest absolute Gasteiger partial charge is 0.394 e. The molecule has 0 aromatic rings. The van der Waals surface area contributed by atoms with Crippen LogP contribution in [0.5, 0.6) is 0 Å². The summed E-state index contributed by atoms with van der Waals surface area (Å²) in [5.41, 5.74) is 0. The van der Waals surface area contributed by atoms with Crippen molar-refractivity contribution >= 4 is 0 Å². The summed E-state index contributed by atoms with van der Waals surface area (Å²) < 4.78 is 5.33. The Bertz CT molecular complexity index is 210. The molecule has 1 N–H and O–H groups in total. The van der Waals surface area contributed by atoms with Crippen LogP contribution in [0.3, 0.4) is 0 Å². The molecule has 1 aliphatic carbocycles. The van der Waals surface area contributed by atoms with Crippen molar-refractivity contribution in [1.82, 2.24) is 0 Å². The Kier molecular flexibility index (Phi) is 2.03. The molecule has 66 valence electrons. The van der Waals surface area contributed by atoms with E-state index in [0.717, 1.165) is 6.42 Å². The van der Waals surface area contributed by atoms with E-state index in [-0.39, 0.29) is 18.8 Å². The van der Waals surface area contributed by atoms with Crippen molar-refractivity contribution in [2.75, 3.05) is 6.61 Å². The zero-order valence-corrected chi connectivity index (χ0v) is 7.02. The molecule has 2 heteroatoms. The summed E-state index contributed by atoms with van der Waals surface area (Å²) in [5.74, 6) is 0.978. The summed E-state index contributed by atoms with van der Waals surface area (Å²) in [5, 5.41) is 8.82. The molecule has 1 heterocycles. The third kappa shape index (κ3) is 1.21. The van der Waals surface area contributed by atoms with E-state index in [9.17, 15) is 0 Å². The van der Waals surface area contributed by atoms with E-state index in [2.05, 4.69) is 18.7 Å². The van der Waals surface area contributed by atoms with Gasteiger partial charge in [-0.15, -0.1) is 6.58 Å². The van der Waals surface area contributed by atoms with Gasteiger partial charge in [0.15, 0.2) is 0 Å². The van der Waals surface area contributed by atoms with Crippen LogP contribution in [-0.2, 0) is 4.74 Å². The van der Waals surface area contributed by atoms with Crippen molar-refractivity contribution in [2.45, 2.75) is 18.6 Å². The van der Waals surface area contributed by atoms with Gasteiger partial charge in [0.2, 0.25) is 0 Å². The quantitative estimate of drug-likeness (QED) is 0.503. The third-order valence-electron chi connectivity index (χ3n) is 2.74. The van der Waals surface area contributed by atoms with Gasteiger partial charge >= 0.3 is 0 Å². The smallest absolute Gasteiger partial charge is 0.108 e. The molecule has 2 rings (SSSR count). The summed E-state index contributed by atoms with van der Waals surface area (Å²) >= 11 is 0. The van der Waals surface area contributed by atoms with Crippen LogP contribution >= 0.6 is 0 Å². The van der Waals surface area contributed by atoms with Gasteiger partial charge in [-0.25, -0.2) is 0 Å². The highest BCUT2D eigenvalue weighted by Gasteiger charge is 2.46. The molecule has 1 aliphatic heterocycles. The lowest BCUT2D eigenvalue weighted by molar-refractivity contribution is 0.239. The number of hydrogen-bond acceptors (Lipinski definition) is 2. The van der Waals surface area contributed by atoms with Crippen LogP contribution in [0, 0.1) is 11.8 Å². The summed E-state index contributed by atoms with van der Waals surface area (Å²) in [4.78, 5) is 0. The number of rotatable bonds is 3. The highest BCUT2D eigenvalue weighted by Crippen LogP contribution is 2.39. The second-order valence-corrected chi connectivity index (χ2v) is 3.46. The monoisotopic (exact) mass is 166 g/mol. The molecule has 2 aliphatic rings. The highest BCUT2D eigenvalue weighted by molar-refractivity contribution is 5.13. The lowest BCUT2D eigenvalue weighted by Gasteiger charge is -2.11. The lowest BCUT2D eigenvalue weighted by Crippen LogP contribution is -2.15. The van der Waals surface area contributed by atoms with Crippen molar-refractivity contribution in [3.63, 3.8) is 0 Å². The standard InChI is InChI=1S/C10H14O2/c1-2-7-4-3-5-8(7)10-9(6-11)12-10/h2-3,5,7-11H,1,4,6H2/t7-,8+,9+,10-/m1/s1. The van der Waals surface area contributed by atoms with Gasteiger partial charge in [-0.3, -0.25) is 0 Å². The minimum absolute atomic E-state index is 0.0835. The van der Waals surface area contributed by atoms with Gasteiger partial charge in [0.25, 0.3) is 0 Å². The van der Waals surface area contributed by atoms with Crippen molar-refractivity contribution < 1.29 is 9.84 Å². The number of epoxide rings is 1. The Morgan fingerprint density at radius 1 is 1.67 bits per heavy atom. The van der Waals surface area contributed by atoms with E-state index < -0.39 is 0 Å². The molecular weight excluding hydrogens is 152 g/mol. The average Bonchev–Trinajstić information content (AvgIpc) is 2.74. The second-order valence-electron chi connectivity index (χ2n) is 3.46. The molecular formula is C10H14O2. The predicted molar refractivity (Wildman–Crippen MR) is 46.7 cm³/mol. The van der Waals surface area contributed by atoms with Crippen LogP contribution in [0.1, 0.15) is 6.42 Å². The predicted octanol–water partition coefficient (Wildman–Crippen LogP) is 1.12. The SMILES string of the molecule is C=C[C@@H]1CC=C[C@@H]1[C@H]1O[C@H]1CO. The summed E-state index contributed by atoms with van der Waals surface area (Å²) in [6.07, 6.45) is 7.75. The van der Waals surface area contributed by atoms with Crippen LogP contribution in [0.2, 0.25) is 0 Å². The molecule has 2 nitrogen and oxygen atoms in total. The van der Waals surface area contributed by atoms with Gasteiger partial charge in [0.1, 0.15) is 6.10 Å². The van der Waals surface area contributed by atoms with E-state index in [1.165, 1.54) is 0 Å². The normalized spacial score (nSPS) is 44.8. The van der Waals surface area contributed by atoms with Gasteiger partial charge in [-0.2, -0.15) is 0 Å². The van der Waals surface area contributed by atoms with Crippen LogP contribution in [0.25, 0.3) is 0 Å². The summed E-state index contributed by atoms with van der Waals surface area (Å²) in [7, 11) is 0. The fourth-order valence-electron chi connectivity index (χ4n) is 1.94. The molecule has 0 spiro atoms. The molecule has 1 fully saturated rings. The van der Waals surface area contributed by atoms with Gasteiger partial charge in [0, 0.05) is 5.92 Å². The van der Waals surface area contributed by atoms with E-state index in [1.54, 1.807) is 0 Å². The lowest BCUT2D eigenvalue weighted by atomic mass is 9.91. The van der Waals surface area contributed by atoms with Crippen LogP contribution in [-0.4, -0.2) is 23.9 Å². The molecule has 0 amide bonds. The number of ether oxygens (including phenoxy) is 1. The van der Waals surface area contributed by atoms with Gasteiger partial charge in [0.05, 0.1) is 12.7 Å². The Hall–Kier alpha value is -0.600. The van der Waals surface area contributed by atoms with E-state index in [0.29, 0.717) is 11.8 Å². The number of allylic oxidation sites excluding steroid dienone is 2. The van der Waals surface area contributed by atoms with E-state index in [4.69, 9.17) is 9.84 Å². The first-order valence-electron chi connectivity index (χ1n) is 4.42. The first kappa shape index (κ1) is 8.02. The summed E-state index contributed by atoms with van der Waals surface area (Å²) in [6, 6.07) is 0. The Balaban J connectivity index is 1.95. The molecule has 0 bridgehead atoms. The second kappa shape index (κ2) is 3.04. The van der Waals surface area contributed by atoms with Crippen molar-refractivity contribution in [1.29, 1.82) is 0 Å². The van der Waals surface area contributed by atoms with Gasteiger partial charge in [-0.05, 0) is 12.3 Å². The zero-order chi connectivity index (χ0) is 8.55. The Labute approximate surface area is 72.5 Å². The van der Waals surface area contributed by atoms with Crippen LogP contribution in [0.15, 0.2) is 24.8 Å². The Morgan fingerprint density at radius 3 is 3.08 bits per heavy atom. The fraction of sp³-hybridized carbons (Fsp3) is 0.600. The van der Waals surface area contributed by atoms with E-state index in [1.807, 2.05) is 6.08 Å². The maximum Gasteiger partial charge on any atom is 0.108 e. The molecule has 12 heavy (non-hydrogen) atoms. The first-order valence-corrected chi connectivity index (χ1v) is 4.42. The molecule has 1 saturated heterocycles.